The smallest absolute Gasteiger partial charge is 0.175 e. The summed E-state index contributed by atoms with van der Waals surface area (Å²) >= 11 is 3.65. The van der Waals surface area contributed by atoms with Crippen molar-refractivity contribution in [3.05, 3.63) is 40.1 Å². The van der Waals surface area contributed by atoms with Gasteiger partial charge in [0.15, 0.2) is 5.82 Å². The molecule has 0 radical (unpaired) electrons. The second-order valence-corrected chi connectivity index (χ2v) is 6.15. The Kier molecular flexibility index (Phi) is 4.12. The predicted octanol–water partition coefficient (Wildman–Crippen LogP) is 2.05. The van der Waals surface area contributed by atoms with Crippen molar-refractivity contribution in [3.63, 3.8) is 0 Å². The zero-order valence-electron chi connectivity index (χ0n) is 11.5. The van der Waals surface area contributed by atoms with Gasteiger partial charge in [-0.2, -0.15) is 4.80 Å². The summed E-state index contributed by atoms with van der Waals surface area (Å²) in [6.07, 6.45) is 3.40. The summed E-state index contributed by atoms with van der Waals surface area (Å²) < 4.78 is 1.14. The lowest BCUT2D eigenvalue weighted by Gasteiger charge is -2.18. The van der Waals surface area contributed by atoms with Crippen LogP contribution in [-0.2, 0) is 13.5 Å². The maximum Gasteiger partial charge on any atom is 0.175 e. The van der Waals surface area contributed by atoms with E-state index in [1.54, 1.807) is 7.05 Å². The Morgan fingerprint density at radius 2 is 2.20 bits per heavy atom. The first-order valence-electron chi connectivity index (χ1n) is 6.93. The molecule has 2 aromatic rings. The minimum absolute atomic E-state index is 0.357. The van der Waals surface area contributed by atoms with Gasteiger partial charge in [0.25, 0.3) is 0 Å². The van der Waals surface area contributed by atoms with Crippen molar-refractivity contribution in [2.45, 2.75) is 31.2 Å². The molecule has 20 heavy (non-hydrogen) atoms. The number of rotatable bonds is 6. The van der Waals surface area contributed by atoms with Crippen LogP contribution >= 0.6 is 15.9 Å². The van der Waals surface area contributed by atoms with Crippen LogP contribution in [-0.4, -0.2) is 32.8 Å². The Bertz CT molecular complexity index is 578. The molecule has 1 heterocycles. The molecule has 1 N–H and O–H groups in total. The molecular weight excluding hydrogens is 318 g/mol. The third-order valence-corrected chi connectivity index (χ3v) is 4.28. The van der Waals surface area contributed by atoms with Crippen LogP contribution in [0.15, 0.2) is 28.7 Å². The molecule has 3 rings (SSSR count). The summed E-state index contributed by atoms with van der Waals surface area (Å²) in [6.45, 7) is 0.950. The average molecular weight is 336 g/mol. The van der Waals surface area contributed by atoms with Crippen LogP contribution in [0.2, 0.25) is 0 Å². The molecule has 1 aromatic heterocycles. The largest absolute Gasteiger partial charge is 0.313 e. The topological polar surface area (TPSA) is 55.6 Å². The lowest BCUT2D eigenvalue weighted by Crippen LogP contribution is -2.25. The number of halogens is 1. The Morgan fingerprint density at radius 3 is 2.85 bits per heavy atom. The summed E-state index contributed by atoms with van der Waals surface area (Å²) in [5.74, 6) is 1.15. The van der Waals surface area contributed by atoms with Gasteiger partial charge in [0.2, 0.25) is 0 Å². The number of nitrogens with one attached hydrogen (secondary N) is 1. The van der Waals surface area contributed by atoms with Crippen molar-refractivity contribution < 1.29 is 0 Å². The average Bonchev–Trinajstić information content (AvgIpc) is 3.18. The predicted molar refractivity (Wildman–Crippen MR) is 80.4 cm³/mol. The van der Waals surface area contributed by atoms with E-state index in [4.69, 9.17) is 0 Å². The molecule has 106 valence electrons. The highest BCUT2D eigenvalue weighted by molar-refractivity contribution is 9.10. The lowest BCUT2D eigenvalue weighted by molar-refractivity contribution is 0.562. The van der Waals surface area contributed by atoms with Gasteiger partial charge in [-0.15, -0.1) is 10.2 Å². The minimum atomic E-state index is 0.357. The van der Waals surface area contributed by atoms with Crippen molar-refractivity contribution in [2.24, 2.45) is 7.05 Å². The van der Waals surface area contributed by atoms with Crippen LogP contribution in [0.25, 0.3) is 0 Å². The SMILES string of the molecule is Cn1nnc(CC(CNC2CC2)c2ccccc2Br)n1. The lowest BCUT2D eigenvalue weighted by atomic mass is 9.95. The Labute approximate surface area is 126 Å². The zero-order valence-corrected chi connectivity index (χ0v) is 13.0. The molecule has 1 saturated carbocycles. The second kappa shape index (κ2) is 6.01. The third kappa shape index (κ3) is 3.43. The zero-order chi connectivity index (χ0) is 13.9. The number of hydrogen-bond donors (Lipinski definition) is 1. The van der Waals surface area contributed by atoms with Gasteiger partial charge in [0.1, 0.15) is 0 Å². The van der Waals surface area contributed by atoms with Crippen molar-refractivity contribution in [3.8, 4) is 0 Å². The van der Waals surface area contributed by atoms with E-state index in [0.29, 0.717) is 12.0 Å². The van der Waals surface area contributed by atoms with Crippen LogP contribution in [0.1, 0.15) is 30.1 Å². The first kappa shape index (κ1) is 13.7. The molecule has 0 amide bonds. The van der Waals surface area contributed by atoms with Crippen LogP contribution < -0.4 is 5.32 Å². The van der Waals surface area contributed by atoms with E-state index in [0.717, 1.165) is 23.3 Å². The first-order chi connectivity index (χ1) is 9.72. The molecule has 1 unspecified atom stereocenters. The summed E-state index contributed by atoms with van der Waals surface area (Å²) in [7, 11) is 1.80. The van der Waals surface area contributed by atoms with E-state index in [1.165, 1.54) is 23.2 Å². The summed E-state index contributed by atoms with van der Waals surface area (Å²) in [6, 6.07) is 9.08. The molecule has 1 fully saturated rings. The van der Waals surface area contributed by atoms with Crippen LogP contribution in [0.3, 0.4) is 0 Å². The Hall–Kier alpha value is -1.27. The molecule has 0 spiro atoms. The van der Waals surface area contributed by atoms with E-state index in [-0.39, 0.29) is 0 Å². The number of aromatic nitrogens is 4. The highest BCUT2D eigenvalue weighted by Gasteiger charge is 2.24. The Balaban J connectivity index is 1.77. The number of nitrogens with zero attached hydrogens (tertiary/aromatic N) is 4. The number of aryl methyl sites for hydroxylation is 1. The summed E-state index contributed by atoms with van der Waals surface area (Å²) in [4.78, 5) is 1.51. The highest BCUT2D eigenvalue weighted by Crippen LogP contribution is 2.28. The van der Waals surface area contributed by atoms with E-state index >= 15 is 0 Å². The maximum atomic E-state index is 4.30. The van der Waals surface area contributed by atoms with Gasteiger partial charge in [-0.3, -0.25) is 0 Å². The number of tetrazole rings is 1. The maximum absolute atomic E-state index is 4.30. The fourth-order valence-electron chi connectivity index (χ4n) is 2.32. The van der Waals surface area contributed by atoms with Crippen LogP contribution in [0.4, 0.5) is 0 Å². The molecule has 0 aliphatic heterocycles. The van der Waals surface area contributed by atoms with E-state index in [2.05, 4.69) is 54.9 Å². The molecule has 1 aromatic carbocycles. The number of hydrogen-bond acceptors (Lipinski definition) is 4. The van der Waals surface area contributed by atoms with Gasteiger partial charge in [-0.25, -0.2) is 0 Å². The van der Waals surface area contributed by atoms with Gasteiger partial charge in [-0.1, -0.05) is 34.1 Å². The van der Waals surface area contributed by atoms with Gasteiger partial charge in [-0.05, 0) is 29.7 Å². The van der Waals surface area contributed by atoms with Gasteiger partial charge in [0, 0.05) is 29.4 Å². The third-order valence-electron chi connectivity index (χ3n) is 3.55. The van der Waals surface area contributed by atoms with Crippen LogP contribution in [0, 0.1) is 0 Å². The Morgan fingerprint density at radius 1 is 1.40 bits per heavy atom. The molecule has 1 aliphatic carbocycles. The summed E-state index contributed by atoms with van der Waals surface area (Å²) in [5.41, 5.74) is 1.30. The van der Waals surface area contributed by atoms with Crippen molar-refractivity contribution >= 4 is 15.9 Å². The molecule has 0 bridgehead atoms. The monoisotopic (exact) mass is 335 g/mol. The fraction of sp³-hybridized carbons (Fsp3) is 0.500. The molecule has 6 heteroatoms. The highest BCUT2D eigenvalue weighted by atomic mass is 79.9. The fourth-order valence-corrected chi connectivity index (χ4v) is 2.93. The second-order valence-electron chi connectivity index (χ2n) is 5.30. The summed E-state index contributed by atoms with van der Waals surface area (Å²) in [5, 5.41) is 15.9. The van der Waals surface area contributed by atoms with E-state index in [1.807, 2.05) is 6.07 Å². The van der Waals surface area contributed by atoms with Gasteiger partial charge < -0.3 is 5.32 Å². The van der Waals surface area contributed by atoms with Gasteiger partial charge >= 0.3 is 0 Å². The first-order valence-corrected chi connectivity index (χ1v) is 7.72. The van der Waals surface area contributed by atoms with Crippen LogP contribution in [0.5, 0.6) is 0 Å². The van der Waals surface area contributed by atoms with Gasteiger partial charge in [0.05, 0.1) is 7.05 Å². The van der Waals surface area contributed by atoms with Crippen molar-refractivity contribution in [1.29, 1.82) is 0 Å². The van der Waals surface area contributed by atoms with E-state index < -0.39 is 0 Å². The molecule has 5 nitrogen and oxygen atoms in total. The molecule has 0 saturated heterocycles. The van der Waals surface area contributed by atoms with E-state index in [9.17, 15) is 0 Å². The molecular formula is C14H18BrN5. The van der Waals surface area contributed by atoms with Crippen molar-refractivity contribution in [2.75, 3.05) is 6.54 Å². The minimum Gasteiger partial charge on any atom is -0.313 e. The normalized spacial score (nSPS) is 16.3. The standard InChI is InChI=1S/C14H18BrN5/c1-20-18-14(17-19-20)8-10(9-16-11-6-7-11)12-4-2-3-5-13(12)15/h2-5,10-11,16H,6-9H2,1H3. The quantitative estimate of drug-likeness (QED) is 0.877. The van der Waals surface area contributed by atoms with Crippen molar-refractivity contribution in [1.82, 2.24) is 25.5 Å². The number of benzene rings is 1. The molecule has 1 aliphatic rings. The molecule has 1 atom stereocenters.